The Morgan fingerprint density at radius 1 is 1.38 bits per heavy atom. The summed E-state index contributed by atoms with van der Waals surface area (Å²) >= 11 is 0. The van der Waals surface area contributed by atoms with Crippen molar-refractivity contribution in [3.8, 4) is 0 Å². The van der Waals surface area contributed by atoms with Crippen LogP contribution >= 0.6 is 0 Å². The summed E-state index contributed by atoms with van der Waals surface area (Å²) < 4.78 is 10.7. The van der Waals surface area contributed by atoms with E-state index in [0.717, 1.165) is 30.5 Å². The highest BCUT2D eigenvalue weighted by Gasteiger charge is 2.22. The second-order valence-corrected chi connectivity index (χ2v) is 4.90. The van der Waals surface area contributed by atoms with Crippen LogP contribution in [0.2, 0.25) is 0 Å². The maximum Gasteiger partial charge on any atom is 0.162 e. The van der Waals surface area contributed by atoms with E-state index in [9.17, 15) is 0 Å². The van der Waals surface area contributed by atoms with E-state index < -0.39 is 0 Å². The molecule has 0 spiro atoms. The van der Waals surface area contributed by atoms with E-state index in [2.05, 4.69) is 10.5 Å². The van der Waals surface area contributed by atoms with Crippen LogP contribution in [0.25, 0.3) is 0 Å². The van der Waals surface area contributed by atoms with Crippen molar-refractivity contribution >= 4 is 0 Å². The predicted molar refractivity (Wildman–Crippen MR) is 58.7 cm³/mol. The van der Waals surface area contributed by atoms with E-state index in [-0.39, 0.29) is 0 Å². The molecule has 0 radical (unpaired) electrons. The molecule has 0 bridgehead atoms. The highest BCUT2D eigenvalue weighted by molar-refractivity contribution is 5.04. The van der Waals surface area contributed by atoms with E-state index in [1.807, 2.05) is 6.07 Å². The summed E-state index contributed by atoms with van der Waals surface area (Å²) in [6.07, 6.45) is 5.25. The Bertz CT molecular complexity index is 343. The Morgan fingerprint density at radius 3 is 3.00 bits per heavy atom. The molecule has 2 aliphatic rings. The number of rotatable bonds is 7. The summed E-state index contributed by atoms with van der Waals surface area (Å²) in [6.45, 7) is 2.25. The minimum atomic E-state index is 0.562. The number of nitrogens with one attached hydrogen (secondary N) is 1. The Morgan fingerprint density at radius 2 is 2.25 bits per heavy atom. The van der Waals surface area contributed by atoms with Gasteiger partial charge in [0.25, 0.3) is 0 Å². The van der Waals surface area contributed by atoms with Crippen molar-refractivity contribution in [2.24, 2.45) is 5.92 Å². The second kappa shape index (κ2) is 4.55. The number of aromatic nitrogens is 1. The van der Waals surface area contributed by atoms with Crippen molar-refractivity contribution in [1.29, 1.82) is 0 Å². The highest BCUT2D eigenvalue weighted by Crippen LogP contribution is 2.29. The molecule has 1 N–H and O–H groups in total. The lowest BCUT2D eigenvalue weighted by Crippen LogP contribution is -2.15. The predicted octanol–water partition coefficient (Wildman–Crippen LogP) is 1.85. The number of nitrogens with zero attached hydrogens (tertiary/aromatic N) is 1. The van der Waals surface area contributed by atoms with Gasteiger partial charge in [-0.25, -0.2) is 0 Å². The van der Waals surface area contributed by atoms with Gasteiger partial charge < -0.3 is 14.6 Å². The lowest BCUT2D eigenvalue weighted by Gasteiger charge is -1.97. The fraction of sp³-hybridized carbons (Fsp3) is 0.750. The van der Waals surface area contributed by atoms with E-state index in [1.165, 1.54) is 25.7 Å². The van der Waals surface area contributed by atoms with Gasteiger partial charge in [0.15, 0.2) is 5.76 Å². The second-order valence-electron chi connectivity index (χ2n) is 4.90. The zero-order valence-corrected chi connectivity index (χ0v) is 9.45. The fourth-order valence-electron chi connectivity index (χ4n) is 1.65. The molecule has 1 aromatic rings. The zero-order chi connectivity index (χ0) is 10.8. The van der Waals surface area contributed by atoms with Crippen LogP contribution in [-0.2, 0) is 17.9 Å². The van der Waals surface area contributed by atoms with Crippen LogP contribution in [0.15, 0.2) is 10.6 Å². The van der Waals surface area contributed by atoms with Crippen LogP contribution in [0.5, 0.6) is 0 Å². The first-order valence-corrected chi connectivity index (χ1v) is 6.16. The zero-order valence-electron chi connectivity index (χ0n) is 9.45. The van der Waals surface area contributed by atoms with Crippen molar-refractivity contribution in [3.63, 3.8) is 0 Å². The first-order valence-electron chi connectivity index (χ1n) is 6.16. The third-order valence-electron chi connectivity index (χ3n) is 3.05. The van der Waals surface area contributed by atoms with Gasteiger partial charge in [0, 0.05) is 25.3 Å². The Hall–Kier alpha value is -0.870. The standard InChI is InChI=1S/C12H18N2O2/c1-2-9(1)7-15-8-12-5-11(14-16-12)6-13-10-3-4-10/h5,9-10,13H,1-4,6-8H2. The van der Waals surface area contributed by atoms with Gasteiger partial charge in [-0.2, -0.15) is 0 Å². The Balaban J connectivity index is 1.39. The molecule has 88 valence electrons. The average Bonchev–Trinajstić information content (AvgIpc) is 3.18. The topological polar surface area (TPSA) is 47.3 Å². The SMILES string of the molecule is c1c(CNC2CC2)noc1COCC1CC1. The fourth-order valence-corrected chi connectivity index (χ4v) is 1.65. The van der Waals surface area contributed by atoms with Crippen molar-refractivity contribution in [1.82, 2.24) is 10.5 Å². The van der Waals surface area contributed by atoms with E-state index in [4.69, 9.17) is 9.26 Å². The molecule has 2 saturated carbocycles. The maximum absolute atomic E-state index is 5.54. The van der Waals surface area contributed by atoms with Crippen LogP contribution < -0.4 is 5.32 Å². The molecule has 0 aromatic carbocycles. The first-order chi connectivity index (χ1) is 7.90. The summed E-state index contributed by atoms with van der Waals surface area (Å²) in [7, 11) is 0. The van der Waals surface area contributed by atoms with Gasteiger partial charge in [0.1, 0.15) is 6.61 Å². The molecule has 1 heterocycles. The minimum absolute atomic E-state index is 0.562. The largest absolute Gasteiger partial charge is 0.373 e. The van der Waals surface area contributed by atoms with Gasteiger partial charge in [-0.3, -0.25) is 0 Å². The molecule has 4 heteroatoms. The van der Waals surface area contributed by atoms with Crippen molar-refractivity contribution in [2.45, 2.75) is 44.9 Å². The molecule has 2 aliphatic carbocycles. The molecule has 2 fully saturated rings. The van der Waals surface area contributed by atoms with Crippen LogP contribution in [0.1, 0.15) is 37.1 Å². The average molecular weight is 222 g/mol. The van der Waals surface area contributed by atoms with Gasteiger partial charge in [-0.1, -0.05) is 5.16 Å². The van der Waals surface area contributed by atoms with Gasteiger partial charge in [-0.15, -0.1) is 0 Å². The first kappa shape index (κ1) is 10.3. The van der Waals surface area contributed by atoms with Gasteiger partial charge >= 0.3 is 0 Å². The summed E-state index contributed by atoms with van der Waals surface area (Å²) in [4.78, 5) is 0. The summed E-state index contributed by atoms with van der Waals surface area (Å²) in [6, 6.07) is 2.70. The van der Waals surface area contributed by atoms with Gasteiger partial charge in [0.05, 0.1) is 5.69 Å². The van der Waals surface area contributed by atoms with Gasteiger partial charge in [-0.05, 0) is 31.6 Å². The molecule has 0 saturated heterocycles. The summed E-state index contributed by atoms with van der Waals surface area (Å²) in [5.41, 5.74) is 0.983. The lowest BCUT2D eigenvalue weighted by molar-refractivity contribution is 0.0926. The summed E-state index contributed by atoms with van der Waals surface area (Å²) in [5.74, 6) is 1.65. The van der Waals surface area contributed by atoms with E-state index >= 15 is 0 Å². The number of hydrogen-bond donors (Lipinski definition) is 1. The number of ether oxygens (including phenoxy) is 1. The molecule has 0 amide bonds. The van der Waals surface area contributed by atoms with Gasteiger partial charge in [0.2, 0.25) is 0 Å². The Labute approximate surface area is 95.3 Å². The van der Waals surface area contributed by atoms with E-state index in [1.54, 1.807) is 0 Å². The van der Waals surface area contributed by atoms with Crippen molar-refractivity contribution < 1.29 is 9.26 Å². The third kappa shape index (κ3) is 3.06. The highest BCUT2D eigenvalue weighted by atomic mass is 16.5. The smallest absolute Gasteiger partial charge is 0.162 e. The van der Waals surface area contributed by atoms with E-state index in [0.29, 0.717) is 12.6 Å². The molecule has 4 nitrogen and oxygen atoms in total. The van der Waals surface area contributed by atoms with Crippen LogP contribution in [0.3, 0.4) is 0 Å². The molecular weight excluding hydrogens is 204 g/mol. The molecular formula is C12H18N2O2. The molecule has 1 aromatic heterocycles. The van der Waals surface area contributed by atoms with Crippen LogP contribution in [-0.4, -0.2) is 17.8 Å². The monoisotopic (exact) mass is 222 g/mol. The van der Waals surface area contributed by atoms with Crippen LogP contribution in [0, 0.1) is 5.92 Å². The van der Waals surface area contributed by atoms with Crippen LogP contribution in [0.4, 0.5) is 0 Å². The quantitative estimate of drug-likeness (QED) is 0.765. The lowest BCUT2D eigenvalue weighted by atomic mass is 10.3. The molecule has 3 rings (SSSR count). The molecule has 0 atom stereocenters. The maximum atomic E-state index is 5.54. The number of hydrogen-bond acceptors (Lipinski definition) is 4. The molecule has 16 heavy (non-hydrogen) atoms. The molecule has 0 aliphatic heterocycles. The Kier molecular flexibility index (Phi) is 2.93. The third-order valence-corrected chi connectivity index (χ3v) is 3.05. The molecule has 0 unspecified atom stereocenters. The normalized spacial score (nSPS) is 20.2. The van der Waals surface area contributed by atoms with Crippen molar-refractivity contribution in [3.05, 3.63) is 17.5 Å². The minimum Gasteiger partial charge on any atom is -0.373 e. The summed E-state index contributed by atoms with van der Waals surface area (Å²) in [5, 5.41) is 7.42. The van der Waals surface area contributed by atoms with Crippen molar-refractivity contribution in [2.75, 3.05) is 6.61 Å².